The predicted octanol–water partition coefficient (Wildman–Crippen LogP) is 1.52. The van der Waals surface area contributed by atoms with Crippen molar-refractivity contribution in [2.75, 3.05) is 21.3 Å². The van der Waals surface area contributed by atoms with E-state index in [0.717, 1.165) is 0 Å². The highest BCUT2D eigenvalue weighted by Crippen LogP contribution is 2.36. The zero-order valence-electron chi connectivity index (χ0n) is 20.9. The molecule has 0 spiro atoms. The monoisotopic (exact) mass is 529 g/mol. The highest BCUT2D eigenvalue weighted by molar-refractivity contribution is 7.91. The molecular formula is C23H27N7O6S. The van der Waals surface area contributed by atoms with Crippen molar-refractivity contribution in [1.29, 1.82) is 0 Å². The summed E-state index contributed by atoms with van der Waals surface area (Å²) in [5, 5.41) is 22.4. The van der Waals surface area contributed by atoms with Crippen LogP contribution in [0.4, 0.5) is 0 Å². The number of para-hydroxylation sites is 1. The van der Waals surface area contributed by atoms with Crippen molar-refractivity contribution in [3.8, 4) is 34.6 Å². The zero-order chi connectivity index (χ0) is 26.7. The number of aryl methyl sites for hydroxylation is 1. The third-order valence-electron chi connectivity index (χ3n) is 5.80. The SMILES string of the molecule is COc1cnc([C@H](O)[C@@H](C)S(=O)(=O)Cc2nnc(-c3ccn(C)n3)n2-c2c(OC)cccc2OC)cn1. The molecular weight excluding hydrogens is 502 g/mol. The molecule has 13 nitrogen and oxygen atoms in total. The number of sulfone groups is 1. The van der Waals surface area contributed by atoms with Crippen LogP contribution in [0, 0.1) is 0 Å². The van der Waals surface area contributed by atoms with Gasteiger partial charge in [0.15, 0.2) is 21.5 Å². The van der Waals surface area contributed by atoms with E-state index in [1.807, 2.05) is 0 Å². The number of rotatable bonds is 10. The minimum atomic E-state index is -3.99. The summed E-state index contributed by atoms with van der Waals surface area (Å²) >= 11 is 0. The van der Waals surface area contributed by atoms with Crippen LogP contribution in [0.25, 0.3) is 17.2 Å². The van der Waals surface area contributed by atoms with E-state index in [4.69, 9.17) is 14.2 Å². The van der Waals surface area contributed by atoms with Gasteiger partial charge in [0.25, 0.3) is 0 Å². The van der Waals surface area contributed by atoms with Gasteiger partial charge in [0.1, 0.15) is 34.7 Å². The van der Waals surface area contributed by atoms with Crippen LogP contribution in [-0.4, -0.2) is 74.6 Å². The molecule has 1 N–H and O–H groups in total. The van der Waals surface area contributed by atoms with Crippen molar-refractivity contribution in [3.63, 3.8) is 0 Å². The summed E-state index contributed by atoms with van der Waals surface area (Å²) in [7, 11) is 2.18. The van der Waals surface area contributed by atoms with Crippen LogP contribution < -0.4 is 14.2 Å². The Morgan fingerprint density at radius 3 is 2.24 bits per heavy atom. The van der Waals surface area contributed by atoms with Gasteiger partial charge in [0.2, 0.25) is 5.88 Å². The fourth-order valence-electron chi connectivity index (χ4n) is 3.73. The third-order valence-corrected chi connectivity index (χ3v) is 7.85. The van der Waals surface area contributed by atoms with Crippen LogP contribution in [0.1, 0.15) is 24.5 Å². The topological polar surface area (TPSA) is 156 Å². The molecule has 3 heterocycles. The van der Waals surface area contributed by atoms with E-state index in [9.17, 15) is 13.5 Å². The summed E-state index contributed by atoms with van der Waals surface area (Å²) in [5.74, 6) is 0.905. The molecule has 0 saturated carbocycles. The van der Waals surface area contributed by atoms with E-state index in [1.54, 1.807) is 46.8 Å². The maximum absolute atomic E-state index is 13.5. The van der Waals surface area contributed by atoms with E-state index >= 15 is 0 Å². The van der Waals surface area contributed by atoms with Gasteiger partial charge in [0, 0.05) is 13.2 Å². The van der Waals surface area contributed by atoms with Crippen LogP contribution >= 0.6 is 0 Å². The van der Waals surface area contributed by atoms with E-state index in [1.165, 1.54) is 40.6 Å². The second-order valence-electron chi connectivity index (χ2n) is 8.10. The van der Waals surface area contributed by atoms with E-state index in [2.05, 4.69) is 25.3 Å². The van der Waals surface area contributed by atoms with Gasteiger partial charge in [-0.05, 0) is 25.1 Å². The smallest absolute Gasteiger partial charge is 0.231 e. The van der Waals surface area contributed by atoms with Gasteiger partial charge in [-0.15, -0.1) is 10.2 Å². The van der Waals surface area contributed by atoms with Gasteiger partial charge in [-0.1, -0.05) is 6.07 Å². The second kappa shape index (κ2) is 10.5. The average molecular weight is 530 g/mol. The molecule has 0 saturated heterocycles. The predicted molar refractivity (Wildman–Crippen MR) is 132 cm³/mol. The van der Waals surface area contributed by atoms with Crippen molar-refractivity contribution >= 4 is 9.84 Å². The Kier molecular flexibility index (Phi) is 7.40. The Balaban J connectivity index is 1.79. The summed E-state index contributed by atoms with van der Waals surface area (Å²) in [6.45, 7) is 1.40. The van der Waals surface area contributed by atoms with Crippen LogP contribution in [0.5, 0.6) is 17.4 Å². The van der Waals surface area contributed by atoms with Crippen molar-refractivity contribution in [2.45, 2.75) is 24.0 Å². The van der Waals surface area contributed by atoms with E-state index in [-0.39, 0.29) is 17.4 Å². The second-order valence-corrected chi connectivity index (χ2v) is 10.5. The Morgan fingerprint density at radius 2 is 1.70 bits per heavy atom. The summed E-state index contributed by atoms with van der Waals surface area (Å²) in [4.78, 5) is 8.06. The molecule has 0 aliphatic carbocycles. The maximum Gasteiger partial charge on any atom is 0.231 e. The van der Waals surface area contributed by atoms with Crippen molar-refractivity contribution in [2.24, 2.45) is 7.05 Å². The molecule has 14 heteroatoms. The molecule has 0 amide bonds. The third kappa shape index (κ3) is 5.11. The number of ether oxygens (including phenoxy) is 3. The first-order valence-corrected chi connectivity index (χ1v) is 12.8. The lowest BCUT2D eigenvalue weighted by Crippen LogP contribution is -2.28. The van der Waals surface area contributed by atoms with Gasteiger partial charge in [-0.2, -0.15) is 5.10 Å². The number of aliphatic hydroxyl groups is 1. The Hall–Kier alpha value is -4.04. The van der Waals surface area contributed by atoms with Gasteiger partial charge >= 0.3 is 0 Å². The quantitative estimate of drug-likeness (QED) is 0.318. The lowest BCUT2D eigenvalue weighted by atomic mass is 10.2. The first-order valence-electron chi connectivity index (χ1n) is 11.1. The molecule has 196 valence electrons. The van der Waals surface area contributed by atoms with E-state index < -0.39 is 26.9 Å². The highest BCUT2D eigenvalue weighted by atomic mass is 32.2. The number of methoxy groups -OCH3 is 3. The molecule has 0 bridgehead atoms. The normalized spacial score (nSPS) is 13.2. The number of hydrogen-bond donors (Lipinski definition) is 1. The molecule has 4 rings (SSSR count). The Morgan fingerprint density at radius 1 is 1.00 bits per heavy atom. The Labute approximate surface area is 213 Å². The fourth-order valence-corrected chi connectivity index (χ4v) is 5.07. The number of hydrogen-bond acceptors (Lipinski definition) is 11. The number of aromatic nitrogens is 7. The standard InChI is InChI=1S/C23H27N7O6S/c1-14(22(31)16-11-25-20(36-5)12-24-16)37(32,33)13-19-26-27-23(15-9-10-29(2)28-15)30(19)21-17(34-3)7-6-8-18(21)35-4/h6-12,14,22,31H,13H2,1-5H3/t14-,22-/m1/s1. The van der Waals surface area contributed by atoms with Crippen molar-refractivity contribution in [1.82, 2.24) is 34.5 Å². The van der Waals surface area contributed by atoms with Crippen LogP contribution in [0.2, 0.25) is 0 Å². The van der Waals surface area contributed by atoms with Gasteiger partial charge in [-0.25, -0.2) is 13.4 Å². The van der Waals surface area contributed by atoms with Gasteiger partial charge in [-0.3, -0.25) is 14.2 Å². The van der Waals surface area contributed by atoms with E-state index in [0.29, 0.717) is 28.7 Å². The molecule has 0 aliphatic rings. The Bertz CT molecular complexity index is 1460. The molecule has 0 unspecified atom stereocenters. The number of aliphatic hydroxyl groups excluding tert-OH is 1. The molecule has 0 fully saturated rings. The minimum absolute atomic E-state index is 0.0864. The minimum Gasteiger partial charge on any atom is -0.494 e. The molecule has 2 atom stereocenters. The summed E-state index contributed by atoms with van der Waals surface area (Å²) in [5.41, 5.74) is 0.977. The molecule has 3 aromatic heterocycles. The van der Waals surface area contributed by atoms with Crippen molar-refractivity contribution < 1.29 is 27.7 Å². The fraction of sp³-hybridized carbons (Fsp3) is 0.348. The highest BCUT2D eigenvalue weighted by Gasteiger charge is 2.34. The summed E-state index contributed by atoms with van der Waals surface area (Å²) in [6.07, 6.45) is 2.88. The largest absolute Gasteiger partial charge is 0.494 e. The summed E-state index contributed by atoms with van der Waals surface area (Å²) < 4.78 is 46.2. The van der Waals surface area contributed by atoms with Crippen LogP contribution in [-0.2, 0) is 22.6 Å². The van der Waals surface area contributed by atoms with Crippen LogP contribution in [0.3, 0.4) is 0 Å². The zero-order valence-corrected chi connectivity index (χ0v) is 21.7. The average Bonchev–Trinajstić information content (AvgIpc) is 3.52. The molecule has 4 aromatic rings. The molecule has 1 aromatic carbocycles. The number of nitrogens with zero attached hydrogens (tertiary/aromatic N) is 7. The summed E-state index contributed by atoms with van der Waals surface area (Å²) in [6, 6.07) is 6.91. The van der Waals surface area contributed by atoms with Gasteiger partial charge < -0.3 is 19.3 Å². The molecule has 37 heavy (non-hydrogen) atoms. The van der Waals surface area contributed by atoms with Crippen molar-refractivity contribution in [3.05, 3.63) is 54.4 Å². The van der Waals surface area contributed by atoms with Crippen LogP contribution in [0.15, 0.2) is 42.9 Å². The first kappa shape index (κ1) is 26.0. The first-order chi connectivity index (χ1) is 17.7. The lowest BCUT2D eigenvalue weighted by molar-refractivity contribution is 0.170. The maximum atomic E-state index is 13.5. The number of benzene rings is 1. The molecule has 0 radical (unpaired) electrons. The molecule has 0 aliphatic heterocycles. The van der Waals surface area contributed by atoms with Gasteiger partial charge in [0.05, 0.1) is 44.7 Å². The lowest BCUT2D eigenvalue weighted by Gasteiger charge is -2.20.